The van der Waals surface area contributed by atoms with Crippen LogP contribution >= 0.6 is 0 Å². The molecular weight excluding hydrogens is 209 g/mol. The molecule has 16 heavy (non-hydrogen) atoms. The molecule has 0 spiro atoms. The molecule has 1 saturated heterocycles. The normalized spacial score (nSPS) is 25.4. The van der Waals surface area contributed by atoms with E-state index in [1.165, 1.54) is 6.07 Å². The molecule has 2 rings (SSSR count). The van der Waals surface area contributed by atoms with Crippen LogP contribution in [0.5, 0.6) is 5.75 Å². The first kappa shape index (κ1) is 11.4. The average Bonchev–Trinajstić information content (AvgIpc) is 2.30. The predicted octanol–water partition coefficient (Wildman–Crippen LogP) is 1.17. The molecule has 1 aromatic carbocycles. The quantitative estimate of drug-likeness (QED) is 0.811. The number of hydrogen-bond acceptors (Lipinski definition) is 3. The highest BCUT2D eigenvalue weighted by molar-refractivity contribution is 5.23. The van der Waals surface area contributed by atoms with E-state index < -0.39 is 0 Å². The van der Waals surface area contributed by atoms with E-state index in [0.29, 0.717) is 6.61 Å². The van der Waals surface area contributed by atoms with Crippen molar-refractivity contribution in [2.24, 2.45) is 5.92 Å². The van der Waals surface area contributed by atoms with Crippen LogP contribution in [0, 0.1) is 11.7 Å². The van der Waals surface area contributed by atoms with Crippen molar-refractivity contribution in [3.63, 3.8) is 0 Å². The fourth-order valence-corrected chi connectivity index (χ4v) is 1.84. The number of hydrogen-bond donors (Lipinski definition) is 2. The van der Waals surface area contributed by atoms with Gasteiger partial charge in [-0.3, -0.25) is 0 Å². The zero-order valence-electron chi connectivity index (χ0n) is 9.03. The second kappa shape index (κ2) is 5.27. The third kappa shape index (κ3) is 2.71. The summed E-state index contributed by atoms with van der Waals surface area (Å²) in [5.41, 5.74) is 0. The molecule has 2 N–H and O–H groups in total. The van der Waals surface area contributed by atoms with E-state index in [1.807, 2.05) is 0 Å². The maximum atomic E-state index is 13.2. The number of rotatable bonds is 3. The summed E-state index contributed by atoms with van der Waals surface area (Å²) >= 11 is 0. The van der Waals surface area contributed by atoms with Gasteiger partial charge < -0.3 is 15.2 Å². The van der Waals surface area contributed by atoms with Crippen molar-refractivity contribution in [1.29, 1.82) is 0 Å². The van der Waals surface area contributed by atoms with Gasteiger partial charge in [-0.25, -0.2) is 4.39 Å². The average molecular weight is 225 g/mol. The van der Waals surface area contributed by atoms with Crippen LogP contribution < -0.4 is 10.1 Å². The number of nitrogens with one attached hydrogen (secondary N) is 1. The Kier molecular flexibility index (Phi) is 3.74. The molecule has 0 unspecified atom stereocenters. The second-order valence-electron chi connectivity index (χ2n) is 4.06. The molecule has 3 nitrogen and oxygen atoms in total. The summed E-state index contributed by atoms with van der Waals surface area (Å²) in [6.45, 7) is 1.89. The van der Waals surface area contributed by atoms with Gasteiger partial charge in [0.15, 0.2) is 11.6 Å². The zero-order valence-corrected chi connectivity index (χ0v) is 9.03. The molecule has 0 amide bonds. The van der Waals surface area contributed by atoms with Crippen molar-refractivity contribution in [2.75, 3.05) is 19.7 Å². The number of aliphatic hydroxyl groups is 1. The van der Waals surface area contributed by atoms with Gasteiger partial charge in [0.05, 0.1) is 12.7 Å². The first-order valence-corrected chi connectivity index (χ1v) is 5.53. The van der Waals surface area contributed by atoms with Crippen LogP contribution in [-0.2, 0) is 0 Å². The van der Waals surface area contributed by atoms with E-state index in [1.54, 1.807) is 18.2 Å². The molecular formula is C12H16FNO2. The molecule has 88 valence electrons. The minimum absolute atomic E-state index is 0.0355. The van der Waals surface area contributed by atoms with Crippen molar-refractivity contribution in [1.82, 2.24) is 5.32 Å². The summed E-state index contributed by atoms with van der Waals surface area (Å²) in [5.74, 6) is -0.0746. The highest BCUT2D eigenvalue weighted by atomic mass is 19.1. The molecule has 0 aliphatic carbocycles. The third-order valence-corrected chi connectivity index (χ3v) is 2.86. The maximum absolute atomic E-state index is 13.2. The second-order valence-corrected chi connectivity index (χ2v) is 4.06. The minimum atomic E-state index is -0.360. The summed E-state index contributed by atoms with van der Waals surface area (Å²) < 4.78 is 18.6. The highest BCUT2D eigenvalue weighted by Crippen LogP contribution is 2.18. The van der Waals surface area contributed by atoms with Crippen LogP contribution in [0.25, 0.3) is 0 Å². The van der Waals surface area contributed by atoms with Crippen LogP contribution in [0.3, 0.4) is 0 Å². The van der Waals surface area contributed by atoms with E-state index in [-0.39, 0.29) is 23.6 Å². The summed E-state index contributed by atoms with van der Waals surface area (Å²) in [7, 11) is 0. The van der Waals surface area contributed by atoms with Crippen LogP contribution in [0.1, 0.15) is 6.42 Å². The van der Waals surface area contributed by atoms with E-state index in [4.69, 9.17) is 4.74 Å². The predicted molar refractivity (Wildman–Crippen MR) is 58.9 cm³/mol. The molecule has 0 bridgehead atoms. The van der Waals surface area contributed by atoms with Crippen LogP contribution in [0.2, 0.25) is 0 Å². The first-order valence-electron chi connectivity index (χ1n) is 5.53. The monoisotopic (exact) mass is 225 g/mol. The SMILES string of the molecule is O[C@@H]1CCNC[C@H]1COc1ccccc1F. The number of piperidine rings is 1. The smallest absolute Gasteiger partial charge is 0.165 e. The van der Waals surface area contributed by atoms with Gasteiger partial charge in [-0.15, -0.1) is 0 Å². The highest BCUT2D eigenvalue weighted by Gasteiger charge is 2.23. The Labute approximate surface area is 94.2 Å². The lowest BCUT2D eigenvalue weighted by atomic mass is 9.97. The Balaban J connectivity index is 1.89. The standard InChI is InChI=1S/C12H16FNO2/c13-10-3-1-2-4-12(10)16-8-9-7-14-6-5-11(9)15/h1-4,9,11,14-15H,5-8H2/t9-,11+/m0/s1. The molecule has 2 atom stereocenters. The lowest BCUT2D eigenvalue weighted by Crippen LogP contribution is -2.42. The Bertz CT molecular complexity index is 346. The summed E-state index contributed by atoms with van der Waals surface area (Å²) in [5, 5.41) is 12.9. The number of benzene rings is 1. The lowest BCUT2D eigenvalue weighted by molar-refractivity contribution is 0.0501. The van der Waals surface area contributed by atoms with Crippen molar-refractivity contribution in [3.8, 4) is 5.75 Å². The van der Waals surface area contributed by atoms with Crippen molar-refractivity contribution >= 4 is 0 Å². The maximum Gasteiger partial charge on any atom is 0.165 e. The topological polar surface area (TPSA) is 41.5 Å². The molecule has 0 radical (unpaired) electrons. The van der Waals surface area contributed by atoms with Gasteiger partial charge in [0.25, 0.3) is 0 Å². The molecule has 0 saturated carbocycles. The van der Waals surface area contributed by atoms with Gasteiger partial charge in [-0.05, 0) is 25.1 Å². The van der Waals surface area contributed by atoms with Gasteiger partial charge >= 0.3 is 0 Å². The third-order valence-electron chi connectivity index (χ3n) is 2.86. The van der Waals surface area contributed by atoms with Crippen molar-refractivity contribution < 1.29 is 14.2 Å². The molecule has 1 fully saturated rings. The van der Waals surface area contributed by atoms with Crippen LogP contribution in [-0.4, -0.2) is 30.9 Å². The Hall–Kier alpha value is -1.13. The number of para-hydroxylation sites is 1. The van der Waals surface area contributed by atoms with Gasteiger partial charge in [0.1, 0.15) is 0 Å². The molecule has 1 aliphatic heterocycles. The van der Waals surface area contributed by atoms with Gasteiger partial charge in [0.2, 0.25) is 0 Å². The Morgan fingerprint density at radius 3 is 3.00 bits per heavy atom. The first-order chi connectivity index (χ1) is 7.77. The number of aliphatic hydroxyl groups excluding tert-OH is 1. The van der Waals surface area contributed by atoms with Gasteiger partial charge in [-0.1, -0.05) is 12.1 Å². The molecule has 1 aliphatic rings. The zero-order chi connectivity index (χ0) is 11.4. The minimum Gasteiger partial charge on any atom is -0.490 e. The van der Waals surface area contributed by atoms with E-state index >= 15 is 0 Å². The molecule has 0 aromatic heterocycles. The van der Waals surface area contributed by atoms with E-state index in [0.717, 1.165) is 19.5 Å². The molecule has 4 heteroatoms. The number of ether oxygens (including phenoxy) is 1. The fourth-order valence-electron chi connectivity index (χ4n) is 1.84. The van der Waals surface area contributed by atoms with Crippen molar-refractivity contribution in [2.45, 2.75) is 12.5 Å². The summed E-state index contributed by atoms with van der Waals surface area (Å²) in [6.07, 6.45) is 0.374. The lowest BCUT2D eigenvalue weighted by Gasteiger charge is -2.28. The Morgan fingerprint density at radius 1 is 1.44 bits per heavy atom. The van der Waals surface area contributed by atoms with Crippen LogP contribution in [0.15, 0.2) is 24.3 Å². The summed E-state index contributed by atoms with van der Waals surface area (Å²) in [6, 6.07) is 6.32. The van der Waals surface area contributed by atoms with Crippen LogP contribution in [0.4, 0.5) is 4.39 Å². The Morgan fingerprint density at radius 2 is 2.25 bits per heavy atom. The molecule has 1 aromatic rings. The van der Waals surface area contributed by atoms with Gasteiger partial charge in [0, 0.05) is 12.5 Å². The summed E-state index contributed by atoms with van der Waals surface area (Å²) in [4.78, 5) is 0. The largest absolute Gasteiger partial charge is 0.490 e. The number of halogens is 1. The van der Waals surface area contributed by atoms with Crippen molar-refractivity contribution in [3.05, 3.63) is 30.1 Å². The van der Waals surface area contributed by atoms with E-state index in [9.17, 15) is 9.50 Å². The fraction of sp³-hybridized carbons (Fsp3) is 0.500. The molecule has 1 heterocycles. The van der Waals surface area contributed by atoms with Gasteiger partial charge in [-0.2, -0.15) is 0 Å². The van der Waals surface area contributed by atoms with E-state index in [2.05, 4.69) is 5.32 Å².